The number of piperidine rings is 1. The molecule has 8 heteroatoms. The summed E-state index contributed by atoms with van der Waals surface area (Å²) in [6.07, 6.45) is 5.76. The van der Waals surface area contributed by atoms with Crippen LogP contribution in [0, 0.1) is 0 Å². The summed E-state index contributed by atoms with van der Waals surface area (Å²) < 4.78 is 5.60. The molecule has 1 aliphatic heterocycles. The van der Waals surface area contributed by atoms with Gasteiger partial charge in [0.25, 0.3) is 5.91 Å². The van der Waals surface area contributed by atoms with Crippen LogP contribution in [0.3, 0.4) is 0 Å². The van der Waals surface area contributed by atoms with Gasteiger partial charge in [-0.1, -0.05) is 0 Å². The number of β-amino-alcohol motifs (C(OH)–C–C–N with tert-alkyl or cyclic N) is 1. The van der Waals surface area contributed by atoms with Crippen LogP contribution in [0.4, 0.5) is 5.69 Å². The van der Waals surface area contributed by atoms with E-state index in [0.717, 1.165) is 36.1 Å². The van der Waals surface area contributed by atoms with Gasteiger partial charge in [-0.3, -0.25) is 14.8 Å². The standard InChI is InChI=1S/C25H31N5O3/c1-29(24(31)19-6-8-20(9-7-19)33-16-4-12-26)17-25(32)11-3-15-30(18-25)22-10-14-27-21-5-2-13-28-23(21)22/h2,5-10,13-14,32H,3-4,11-12,15-18,26H2,1H3. The molecule has 0 saturated carbocycles. The Bertz CT molecular complexity index is 1090. The Labute approximate surface area is 194 Å². The van der Waals surface area contributed by atoms with Crippen LogP contribution in [-0.2, 0) is 0 Å². The van der Waals surface area contributed by atoms with E-state index in [4.69, 9.17) is 10.5 Å². The maximum absolute atomic E-state index is 13.0. The number of pyridine rings is 2. The van der Waals surface area contributed by atoms with E-state index in [-0.39, 0.29) is 12.5 Å². The summed E-state index contributed by atoms with van der Waals surface area (Å²) >= 11 is 0. The number of nitrogens with two attached hydrogens (primary N) is 1. The molecule has 1 aromatic carbocycles. The minimum Gasteiger partial charge on any atom is -0.494 e. The SMILES string of the molecule is CN(CC1(O)CCCN(c2ccnc3cccnc23)C1)C(=O)c1ccc(OCCCN)cc1. The molecule has 4 rings (SSSR count). The number of likely N-dealkylation sites (N-methyl/N-ethyl adjacent to an activating group) is 1. The van der Waals surface area contributed by atoms with Crippen molar-refractivity contribution >= 4 is 22.6 Å². The van der Waals surface area contributed by atoms with Gasteiger partial charge in [-0.2, -0.15) is 0 Å². The van der Waals surface area contributed by atoms with E-state index in [2.05, 4.69) is 14.9 Å². The van der Waals surface area contributed by atoms with Crippen LogP contribution in [0.2, 0.25) is 0 Å². The molecule has 8 nitrogen and oxygen atoms in total. The topological polar surface area (TPSA) is 105 Å². The number of amides is 1. The molecule has 1 aliphatic rings. The molecule has 0 aliphatic carbocycles. The molecule has 1 saturated heterocycles. The molecular weight excluding hydrogens is 418 g/mol. The second kappa shape index (κ2) is 10.1. The van der Waals surface area contributed by atoms with Gasteiger partial charge >= 0.3 is 0 Å². The summed E-state index contributed by atoms with van der Waals surface area (Å²) in [5.41, 5.74) is 7.63. The fourth-order valence-corrected chi connectivity index (χ4v) is 4.37. The van der Waals surface area contributed by atoms with Gasteiger partial charge in [-0.15, -0.1) is 0 Å². The molecule has 33 heavy (non-hydrogen) atoms. The number of rotatable bonds is 8. The minimum absolute atomic E-state index is 0.134. The van der Waals surface area contributed by atoms with Crippen molar-refractivity contribution < 1.29 is 14.6 Å². The first kappa shape index (κ1) is 22.9. The van der Waals surface area contributed by atoms with E-state index in [0.29, 0.717) is 37.4 Å². The molecular formula is C25H31N5O3. The number of hydrogen-bond acceptors (Lipinski definition) is 7. The highest BCUT2D eigenvalue weighted by atomic mass is 16.5. The summed E-state index contributed by atoms with van der Waals surface area (Å²) in [5.74, 6) is 0.576. The van der Waals surface area contributed by atoms with Crippen molar-refractivity contribution in [2.45, 2.75) is 24.9 Å². The Kier molecular flexibility index (Phi) is 7.05. The van der Waals surface area contributed by atoms with Crippen molar-refractivity contribution in [1.29, 1.82) is 0 Å². The Hall–Kier alpha value is -3.23. The van der Waals surface area contributed by atoms with E-state index >= 15 is 0 Å². The smallest absolute Gasteiger partial charge is 0.253 e. The molecule has 0 bridgehead atoms. The summed E-state index contributed by atoms with van der Waals surface area (Å²) in [4.78, 5) is 25.6. The average molecular weight is 450 g/mol. The Morgan fingerprint density at radius 2 is 2.03 bits per heavy atom. The maximum Gasteiger partial charge on any atom is 0.253 e. The number of fused-ring (bicyclic) bond motifs is 1. The maximum atomic E-state index is 13.0. The highest BCUT2D eigenvalue weighted by molar-refractivity contribution is 5.94. The van der Waals surface area contributed by atoms with Crippen molar-refractivity contribution in [2.24, 2.45) is 5.73 Å². The largest absolute Gasteiger partial charge is 0.494 e. The van der Waals surface area contributed by atoms with Gasteiger partial charge in [0.05, 0.1) is 30.0 Å². The van der Waals surface area contributed by atoms with Crippen molar-refractivity contribution in [3.8, 4) is 5.75 Å². The number of anilines is 1. The number of carbonyl (C=O) groups is 1. The predicted octanol–water partition coefficient (Wildman–Crippen LogP) is 2.46. The van der Waals surface area contributed by atoms with Crippen LogP contribution in [0.1, 0.15) is 29.6 Å². The lowest BCUT2D eigenvalue weighted by Gasteiger charge is -2.42. The first-order valence-corrected chi connectivity index (χ1v) is 11.3. The van der Waals surface area contributed by atoms with Gasteiger partial charge in [0.2, 0.25) is 0 Å². The molecule has 1 fully saturated rings. The van der Waals surface area contributed by atoms with E-state index in [1.807, 2.05) is 18.2 Å². The predicted molar refractivity (Wildman–Crippen MR) is 129 cm³/mol. The van der Waals surface area contributed by atoms with Crippen LogP contribution in [-0.4, -0.2) is 71.3 Å². The van der Waals surface area contributed by atoms with E-state index < -0.39 is 5.60 Å². The second-order valence-corrected chi connectivity index (χ2v) is 8.63. The third-order valence-corrected chi connectivity index (χ3v) is 5.97. The molecule has 0 spiro atoms. The van der Waals surface area contributed by atoms with Crippen LogP contribution < -0.4 is 15.4 Å². The van der Waals surface area contributed by atoms with E-state index in [9.17, 15) is 9.90 Å². The molecule has 3 heterocycles. The molecule has 1 amide bonds. The van der Waals surface area contributed by atoms with Crippen LogP contribution in [0.25, 0.3) is 11.0 Å². The fourth-order valence-electron chi connectivity index (χ4n) is 4.37. The van der Waals surface area contributed by atoms with E-state index in [1.165, 1.54) is 0 Å². The first-order chi connectivity index (χ1) is 16.0. The van der Waals surface area contributed by atoms with Crippen molar-refractivity contribution in [2.75, 3.05) is 44.7 Å². The summed E-state index contributed by atoms with van der Waals surface area (Å²) in [7, 11) is 1.73. The number of nitrogens with zero attached hydrogens (tertiary/aromatic N) is 4. The Balaban J connectivity index is 1.42. The number of ether oxygens (including phenoxy) is 1. The lowest BCUT2D eigenvalue weighted by atomic mass is 9.91. The highest BCUT2D eigenvalue weighted by Gasteiger charge is 2.36. The lowest BCUT2D eigenvalue weighted by molar-refractivity contribution is 0.0000607. The zero-order chi connectivity index (χ0) is 23.3. The lowest BCUT2D eigenvalue weighted by Crippen LogP contribution is -2.54. The quantitative estimate of drug-likeness (QED) is 0.509. The van der Waals surface area contributed by atoms with Gasteiger partial charge in [0.1, 0.15) is 11.3 Å². The number of aliphatic hydroxyl groups is 1. The van der Waals surface area contributed by atoms with Gasteiger partial charge in [-0.25, -0.2) is 0 Å². The van der Waals surface area contributed by atoms with Crippen LogP contribution >= 0.6 is 0 Å². The third-order valence-electron chi connectivity index (χ3n) is 5.97. The van der Waals surface area contributed by atoms with Gasteiger partial charge in [0.15, 0.2) is 0 Å². The number of hydrogen-bond donors (Lipinski definition) is 2. The second-order valence-electron chi connectivity index (χ2n) is 8.63. The Morgan fingerprint density at radius 1 is 1.21 bits per heavy atom. The normalized spacial score (nSPS) is 18.3. The number of aromatic nitrogens is 2. The van der Waals surface area contributed by atoms with Crippen LogP contribution in [0.5, 0.6) is 5.75 Å². The Morgan fingerprint density at radius 3 is 2.82 bits per heavy atom. The summed E-state index contributed by atoms with van der Waals surface area (Å²) in [6.45, 7) is 2.62. The molecule has 174 valence electrons. The van der Waals surface area contributed by atoms with Gasteiger partial charge in [0, 0.05) is 38.1 Å². The third kappa shape index (κ3) is 5.40. The molecule has 2 aromatic heterocycles. The zero-order valence-electron chi connectivity index (χ0n) is 19.0. The van der Waals surface area contributed by atoms with E-state index in [1.54, 1.807) is 48.6 Å². The van der Waals surface area contributed by atoms with Crippen LogP contribution in [0.15, 0.2) is 54.9 Å². The summed E-state index contributed by atoms with van der Waals surface area (Å²) in [5, 5.41) is 11.4. The summed E-state index contributed by atoms with van der Waals surface area (Å²) in [6, 6.07) is 12.8. The van der Waals surface area contributed by atoms with Crippen molar-refractivity contribution in [3.05, 3.63) is 60.4 Å². The number of carbonyl (C=O) groups excluding carboxylic acids is 1. The average Bonchev–Trinajstić information content (AvgIpc) is 2.83. The molecule has 0 radical (unpaired) electrons. The van der Waals surface area contributed by atoms with Crippen molar-refractivity contribution in [1.82, 2.24) is 14.9 Å². The van der Waals surface area contributed by atoms with Gasteiger partial charge < -0.3 is 25.4 Å². The van der Waals surface area contributed by atoms with Crippen molar-refractivity contribution in [3.63, 3.8) is 0 Å². The molecule has 1 atom stereocenters. The first-order valence-electron chi connectivity index (χ1n) is 11.3. The monoisotopic (exact) mass is 449 g/mol. The zero-order valence-corrected chi connectivity index (χ0v) is 19.0. The number of benzene rings is 1. The highest BCUT2D eigenvalue weighted by Crippen LogP contribution is 2.30. The molecule has 3 N–H and O–H groups in total. The molecule has 3 aromatic rings. The minimum atomic E-state index is -1.02. The molecule has 1 unspecified atom stereocenters. The van der Waals surface area contributed by atoms with Gasteiger partial charge in [-0.05, 0) is 68.3 Å². The fraction of sp³-hybridized carbons (Fsp3) is 0.400.